The van der Waals surface area contributed by atoms with Crippen LogP contribution in [-0.2, 0) is 66.5 Å². The zero-order valence-corrected chi connectivity index (χ0v) is 43.9. The Balaban J connectivity index is 0.000000221. The Bertz CT molecular complexity index is 3020. The van der Waals surface area contributed by atoms with Gasteiger partial charge in [0.15, 0.2) is 0 Å². The molecule has 0 aliphatic rings. The maximum absolute atomic E-state index is 13.9. The standard InChI is InChI=1S/C19H14F3N2.C18H13F2N2.C16H9F2N2.3Ir/c1-12-4-3-5-13(2)18(12)17-10-16(23-11-24-17)14-6-8-15(9-7-14)19(20,21)22;1-11-4-3-5-12(2)18(11)17-9-16(21-10-22-17)14-7-6-13(19)8-15(14)20;17-13-5-1-11(2-6-13)15-9-16(20-10-19-15)12-3-7-14(18)8-4-12;;;/h3-6,8-11H,1-2H3;3-6,8-10H,1-2H3;1-3,5-10H;;;/q3*-1;;;. The van der Waals surface area contributed by atoms with E-state index < -0.39 is 23.4 Å². The summed E-state index contributed by atoms with van der Waals surface area (Å²) in [6, 6.07) is 40.8. The summed E-state index contributed by atoms with van der Waals surface area (Å²) < 4.78 is 90.7. The van der Waals surface area contributed by atoms with Crippen molar-refractivity contribution in [2.45, 2.75) is 33.9 Å². The molecule has 6 aromatic carbocycles. The molecule has 0 aliphatic heterocycles. The number of hydrogen-bond donors (Lipinski definition) is 0. The molecule has 9 rings (SSSR count). The minimum Gasteiger partial charge on any atom is -0.286 e. The summed E-state index contributed by atoms with van der Waals surface area (Å²) in [5.74, 6) is -1.99. The summed E-state index contributed by atoms with van der Waals surface area (Å²) in [6.45, 7) is 7.98. The van der Waals surface area contributed by atoms with Gasteiger partial charge in [0, 0.05) is 88.9 Å². The van der Waals surface area contributed by atoms with Gasteiger partial charge in [-0.3, -0.25) is 28.1 Å². The number of aromatic nitrogens is 6. The van der Waals surface area contributed by atoms with E-state index in [2.05, 4.69) is 48.1 Å². The summed E-state index contributed by atoms with van der Waals surface area (Å²) in [6.07, 6.45) is -0.148. The van der Waals surface area contributed by atoms with Crippen LogP contribution in [0.5, 0.6) is 0 Å². The molecule has 0 saturated carbocycles. The summed E-state index contributed by atoms with van der Waals surface area (Å²) in [7, 11) is 0. The van der Waals surface area contributed by atoms with Gasteiger partial charge in [-0.25, -0.2) is 19.3 Å². The predicted octanol–water partition coefficient (Wildman–Crippen LogP) is 13.6. The Morgan fingerprint density at radius 3 is 1.29 bits per heavy atom. The van der Waals surface area contributed by atoms with E-state index >= 15 is 0 Å². The third-order valence-corrected chi connectivity index (χ3v) is 10.2. The van der Waals surface area contributed by atoms with Crippen molar-refractivity contribution in [1.82, 2.24) is 29.9 Å². The predicted molar refractivity (Wildman–Crippen MR) is 239 cm³/mol. The van der Waals surface area contributed by atoms with E-state index in [4.69, 9.17) is 0 Å². The maximum atomic E-state index is 13.9. The van der Waals surface area contributed by atoms with Crippen LogP contribution in [0.25, 0.3) is 67.5 Å². The summed E-state index contributed by atoms with van der Waals surface area (Å²) in [5.41, 5.74) is 11.4. The van der Waals surface area contributed by atoms with E-state index in [-0.39, 0.29) is 77.5 Å². The van der Waals surface area contributed by atoms with Crippen LogP contribution >= 0.6 is 0 Å². The third kappa shape index (κ3) is 14.3. The molecule has 3 heterocycles. The van der Waals surface area contributed by atoms with Crippen molar-refractivity contribution < 1.29 is 91.0 Å². The summed E-state index contributed by atoms with van der Waals surface area (Å²) >= 11 is 0. The van der Waals surface area contributed by atoms with Crippen LogP contribution in [0.2, 0.25) is 0 Å². The van der Waals surface area contributed by atoms with Crippen LogP contribution in [0, 0.1) is 69.2 Å². The molecule has 0 aliphatic carbocycles. The Hall–Kier alpha value is -5.98. The number of hydrogen-bond acceptors (Lipinski definition) is 6. The van der Waals surface area contributed by atoms with Gasteiger partial charge in [0.25, 0.3) is 0 Å². The van der Waals surface area contributed by atoms with Crippen molar-refractivity contribution in [3.8, 4) is 67.5 Å². The number of nitrogens with zero attached hydrogens (tertiary/aromatic N) is 6. The van der Waals surface area contributed by atoms with Gasteiger partial charge in [0.1, 0.15) is 24.8 Å². The molecule has 16 heteroatoms. The molecule has 0 atom stereocenters. The molecule has 0 unspecified atom stereocenters. The number of benzene rings is 6. The van der Waals surface area contributed by atoms with E-state index in [0.29, 0.717) is 39.6 Å². The fourth-order valence-corrected chi connectivity index (χ4v) is 6.96. The minimum absolute atomic E-state index is 0. The number of halogens is 7. The van der Waals surface area contributed by atoms with E-state index in [1.807, 2.05) is 64.1 Å². The zero-order chi connectivity index (χ0) is 47.0. The molecule has 69 heavy (non-hydrogen) atoms. The van der Waals surface area contributed by atoms with Gasteiger partial charge in [-0.15, -0.1) is 71.8 Å². The van der Waals surface area contributed by atoms with Gasteiger partial charge in [-0.2, -0.15) is 13.2 Å². The second-order valence-electron chi connectivity index (χ2n) is 14.9. The Morgan fingerprint density at radius 2 is 0.826 bits per heavy atom. The molecule has 0 N–H and O–H groups in total. The molecule has 0 saturated heterocycles. The quantitative estimate of drug-likeness (QED) is 0.122. The minimum atomic E-state index is -4.37. The van der Waals surface area contributed by atoms with Crippen LogP contribution in [0.4, 0.5) is 30.7 Å². The first kappa shape index (κ1) is 55.6. The Morgan fingerprint density at radius 1 is 0.406 bits per heavy atom. The first-order valence-corrected chi connectivity index (χ1v) is 20.1. The normalized spacial score (nSPS) is 10.5. The number of aryl methyl sites for hydroxylation is 4. The van der Waals surface area contributed by atoms with Crippen LogP contribution in [0.3, 0.4) is 0 Å². The zero-order valence-electron chi connectivity index (χ0n) is 36.7. The molecule has 6 nitrogen and oxygen atoms in total. The van der Waals surface area contributed by atoms with Gasteiger partial charge in [0.05, 0.1) is 17.1 Å². The largest absolute Gasteiger partial charge is 0.381 e. The Kier molecular flexibility index (Phi) is 20.2. The topological polar surface area (TPSA) is 77.3 Å². The molecular formula is C53H36F7Ir3N6-3. The average Bonchev–Trinajstić information content (AvgIpc) is 3.30. The molecule has 357 valence electrons. The molecule has 0 fully saturated rings. The fourth-order valence-electron chi connectivity index (χ4n) is 6.96. The average molecular weight is 1470 g/mol. The van der Waals surface area contributed by atoms with Crippen LogP contribution < -0.4 is 0 Å². The second kappa shape index (κ2) is 25.0. The summed E-state index contributed by atoms with van der Waals surface area (Å²) in [4.78, 5) is 25.1. The molecule has 0 bridgehead atoms. The van der Waals surface area contributed by atoms with Crippen molar-refractivity contribution in [2.24, 2.45) is 0 Å². The van der Waals surface area contributed by atoms with Gasteiger partial charge >= 0.3 is 6.18 Å². The van der Waals surface area contributed by atoms with E-state index in [1.54, 1.807) is 36.4 Å². The summed E-state index contributed by atoms with van der Waals surface area (Å²) in [5, 5.41) is 0. The maximum Gasteiger partial charge on any atom is 0.381 e. The number of rotatable bonds is 6. The Labute approximate surface area is 435 Å². The van der Waals surface area contributed by atoms with E-state index in [0.717, 1.165) is 68.9 Å². The van der Waals surface area contributed by atoms with Crippen molar-refractivity contribution in [3.63, 3.8) is 0 Å². The van der Waals surface area contributed by atoms with Crippen molar-refractivity contribution in [2.75, 3.05) is 0 Å². The second-order valence-corrected chi connectivity index (χ2v) is 14.9. The third-order valence-electron chi connectivity index (χ3n) is 10.2. The van der Waals surface area contributed by atoms with Gasteiger partial charge in [-0.05, 0) is 102 Å². The first-order chi connectivity index (χ1) is 31.6. The molecule has 9 aromatic rings. The van der Waals surface area contributed by atoms with Crippen LogP contribution in [0.15, 0.2) is 146 Å². The molecule has 0 amide bonds. The monoisotopic (exact) mass is 1470 g/mol. The van der Waals surface area contributed by atoms with Crippen LogP contribution in [0.1, 0.15) is 27.8 Å². The first-order valence-electron chi connectivity index (χ1n) is 20.1. The molecular weight excluding hydrogens is 1430 g/mol. The van der Waals surface area contributed by atoms with Crippen molar-refractivity contribution in [3.05, 3.63) is 216 Å². The number of alkyl halides is 3. The SMILES string of the molecule is Cc1cccc(C)c1-c1cc(-c2[c-]cc(C(F)(F)F)cc2)ncn1.Cc1cccc(C)c1-c1cc(-c2[c-]cc(F)cc2F)ncn1.Fc1c[c-]c(-c2cc(-c3ccc(F)cc3)ncn2)cc1.[Ir].[Ir].[Ir]. The van der Waals surface area contributed by atoms with Gasteiger partial charge in [0.2, 0.25) is 0 Å². The van der Waals surface area contributed by atoms with E-state index in [1.165, 1.54) is 49.3 Å². The molecule has 0 spiro atoms. The molecule has 3 radical (unpaired) electrons. The van der Waals surface area contributed by atoms with Gasteiger partial charge < -0.3 is 0 Å². The fraction of sp³-hybridized carbons (Fsp3) is 0.0943. The van der Waals surface area contributed by atoms with Crippen molar-refractivity contribution in [1.29, 1.82) is 0 Å². The van der Waals surface area contributed by atoms with Crippen molar-refractivity contribution >= 4 is 0 Å². The van der Waals surface area contributed by atoms with Gasteiger partial charge in [-0.1, -0.05) is 66.2 Å². The smallest absolute Gasteiger partial charge is 0.286 e. The van der Waals surface area contributed by atoms with Crippen LogP contribution in [-0.4, -0.2) is 29.9 Å². The molecule has 3 aromatic heterocycles. The van der Waals surface area contributed by atoms with E-state index in [9.17, 15) is 30.7 Å².